The van der Waals surface area contributed by atoms with Gasteiger partial charge in [-0.05, 0) is 43.4 Å². The third kappa shape index (κ3) is 6.31. The summed E-state index contributed by atoms with van der Waals surface area (Å²) in [5.41, 5.74) is -6.58. The van der Waals surface area contributed by atoms with Gasteiger partial charge >= 0.3 is 35.8 Å². The molecule has 2 fully saturated rings. The zero-order valence-electron chi connectivity index (χ0n) is 29.9. The largest absolute Gasteiger partial charge is 0.458 e. The highest BCUT2D eigenvalue weighted by Gasteiger charge is 2.80. The number of Topliss-reactive ketones (excluding diaryl/α,β-unsaturated/α-hetero) is 1. The van der Waals surface area contributed by atoms with Crippen molar-refractivity contribution in [3.05, 3.63) is 47.0 Å². The number of hydrogen-bond acceptors (Lipinski definition) is 14. The van der Waals surface area contributed by atoms with E-state index in [4.69, 9.17) is 28.4 Å². The molecule has 0 spiro atoms. The number of ether oxygens (including phenoxy) is 6. The minimum absolute atomic E-state index is 0.100. The SMILES string of the molecule is CC(=O)OCC(=O)O[C@@H]1[C@H]2[C@@H](OC(=O)c3ccccc3)[C@@H](C)C[C@]2(O)[C@H](OC(C)=O)[C@@]2(C)C3=C(C[C@]1(OC(C)=O)C2OC(C)=O)C(=O)C(C)(C)C3. The van der Waals surface area contributed by atoms with E-state index in [1.165, 1.54) is 12.1 Å². The molecule has 51 heavy (non-hydrogen) atoms. The van der Waals surface area contributed by atoms with Crippen LogP contribution in [0.4, 0.5) is 0 Å². The maximum Gasteiger partial charge on any atom is 0.344 e. The first-order valence-corrected chi connectivity index (χ1v) is 16.8. The van der Waals surface area contributed by atoms with Crippen molar-refractivity contribution in [3.63, 3.8) is 0 Å². The van der Waals surface area contributed by atoms with Gasteiger partial charge in [-0.1, -0.05) is 39.0 Å². The van der Waals surface area contributed by atoms with Crippen LogP contribution in [0, 0.1) is 22.7 Å². The summed E-state index contributed by atoms with van der Waals surface area (Å²) in [6, 6.07) is 8.00. The van der Waals surface area contributed by atoms with Gasteiger partial charge in [-0.15, -0.1) is 0 Å². The first kappa shape index (κ1) is 37.7. The maximum absolute atomic E-state index is 14.2. The second kappa shape index (κ2) is 13.2. The summed E-state index contributed by atoms with van der Waals surface area (Å²) in [7, 11) is 0. The molecule has 0 heterocycles. The molecule has 4 aliphatic carbocycles. The minimum Gasteiger partial charge on any atom is -0.458 e. The van der Waals surface area contributed by atoms with Crippen LogP contribution in [-0.4, -0.2) is 88.9 Å². The molecule has 14 nitrogen and oxygen atoms in total. The van der Waals surface area contributed by atoms with Gasteiger partial charge in [0.1, 0.15) is 17.8 Å². The molecule has 2 bridgehead atoms. The number of esters is 6. The van der Waals surface area contributed by atoms with E-state index in [9.17, 15) is 38.7 Å². The Balaban J connectivity index is 1.86. The highest BCUT2D eigenvalue weighted by molar-refractivity contribution is 6.04. The summed E-state index contributed by atoms with van der Waals surface area (Å²) in [6.07, 6.45) is -6.99. The standard InChI is InChI=1S/C37H44O14/c1-18-14-36(45)27(28(18)50-31(44)23-12-10-9-11-13-23)30(49-26(42)17-46-19(2)38)37(51-22(5)41)15-24-25(16-34(6,7)29(24)43)35(8,32(36)47-20(3)39)33(37)48-21(4)40/h9-13,18,27-28,30,32-33,45H,14-17H2,1-8H3/t18-,27+,28-,30+,32+,33?,35+,36+,37+/m0/s1. The van der Waals surface area contributed by atoms with Crippen LogP contribution in [0.3, 0.4) is 0 Å². The summed E-state index contributed by atoms with van der Waals surface area (Å²) in [4.78, 5) is 92.4. The lowest BCUT2D eigenvalue weighted by Crippen LogP contribution is -2.67. The molecule has 14 heteroatoms. The number of benzene rings is 1. The molecular weight excluding hydrogens is 668 g/mol. The molecule has 1 N–H and O–H groups in total. The van der Waals surface area contributed by atoms with Gasteiger partial charge in [0.2, 0.25) is 0 Å². The van der Waals surface area contributed by atoms with E-state index < -0.39 is 107 Å². The van der Waals surface area contributed by atoms with Crippen molar-refractivity contribution in [2.45, 2.75) is 110 Å². The topological polar surface area (TPSA) is 195 Å². The monoisotopic (exact) mass is 712 g/mol. The number of hydrogen-bond donors (Lipinski definition) is 1. The maximum atomic E-state index is 14.2. The van der Waals surface area contributed by atoms with Crippen molar-refractivity contribution in [1.82, 2.24) is 0 Å². The molecule has 2 saturated carbocycles. The Kier molecular flexibility index (Phi) is 9.74. The van der Waals surface area contributed by atoms with Crippen LogP contribution in [-0.2, 0) is 57.2 Å². The lowest BCUT2D eigenvalue weighted by Gasteiger charge is -2.54. The molecular formula is C37H44O14. The minimum atomic E-state index is -2.28. The van der Waals surface area contributed by atoms with E-state index in [-0.39, 0.29) is 29.8 Å². The Morgan fingerprint density at radius 1 is 0.804 bits per heavy atom. The van der Waals surface area contributed by atoms with E-state index in [2.05, 4.69) is 0 Å². The first-order chi connectivity index (χ1) is 23.7. The van der Waals surface area contributed by atoms with Gasteiger partial charge in [-0.2, -0.15) is 0 Å². The summed E-state index contributed by atoms with van der Waals surface area (Å²) in [5.74, 6) is -7.95. The number of aliphatic hydroxyl groups is 1. The Morgan fingerprint density at radius 2 is 1.41 bits per heavy atom. The van der Waals surface area contributed by atoms with Crippen LogP contribution < -0.4 is 0 Å². The van der Waals surface area contributed by atoms with Crippen LogP contribution in [0.5, 0.6) is 0 Å². The second-order valence-electron chi connectivity index (χ2n) is 15.0. The van der Waals surface area contributed by atoms with Gasteiger partial charge in [-0.25, -0.2) is 9.59 Å². The Bertz CT molecular complexity index is 1700. The van der Waals surface area contributed by atoms with Crippen LogP contribution in [0.15, 0.2) is 41.5 Å². The van der Waals surface area contributed by atoms with Crippen molar-refractivity contribution >= 4 is 41.6 Å². The van der Waals surface area contributed by atoms with E-state index >= 15 is 0 Å². The van der Waals surface area contributed by atoms with Gasteiger partial charge in [-0.3, -0.25) is 24.0 Å². The predicted molar refractivity (Wildman–Crippen MR) is 173 cm³/mol. The lowest BCUT2D eigenvalue weighted by atomic mass is 9.59. The van der Waals surface area contributed by atoms with E-state index in [1.54, 1.807) is 45.9 Å². The van der Waals surface area contributed by atoms with Crippen molar-refractivity contribution in [2.24, 2.45) is 22.7 Å². The van der Waals surface area contributed by atoms with Gasteiger partial charge < -0.3 is 33.5 Å². The third-order valence-corrected chi connectivity index (χ3v) is 10.7. The molecule has 0 amide bonds. The summed E-state index contributed by atoms with van der Waals surface area (Å²) in [5, 5.41) is 13.2. The van der Waals surface area contributed by atoms with Crippen molar-refractivity contribution in [2.75, 3.05) is 6.61 Å². The number of ketones is 1. The number of carbonyl (C=O) groups is 7. The fraction of sp³-hybridized carbons (Fsp3) is 0.595. The second-order valence-corrected chi connectivity index (χ2v) is 15.0. The molecule has 0 saturated heterocycles. The normalized spacial score (nSPS) is 34.6. The number of fused-ring (bicyclic) bond motifs is 4. The summed E-state index contributed by atoms with van der Waals surface area (Å²) < 4.78 is 35.4. The molecule has 1 unspecified atom stereocenters. The molecule has 0 aromatic heterocycles. The van der Waals surface area contributed by atoms with E-state index in [0.717, 1.165) is 27.7 Å². The smallest absolute Gasteiger partial charge is 0.344 e. The van der Waals surface area contributed by atoms with Crippen molar-refractivity contribution in [1.29, 1.82) is 0 Å². The predicted octanol–water partition coefficient (Wildman–Crippen LogP) is 2.96. The lowest BCUT2D eigenvalue weighted by molar-refractivity contribution is -0.239. The van der Waals surface area contributed by atoms with Crippen molar-refractivity contribution in [3.8, 4) is 0 Å². The van der Waals surface area contributed by atoms with Crippen LogP contribution in [0.2, 0.25) is 0 Å². The molecule has 0 aliphatic heterocycles. The summed E-state index contributed by atoms with van der Waals surface area (Å²) >= 11 is 0. The fourth-order valence-electron chi connectivity index (χ4n) is 9.06. The van der Waals surface area contributed by atoms with E-state index in [1.807, 2.05) is 0 Å². The zero-order chi connectivity index (χ0) is 37.8. The average Bonchev–Trinajstić information content (AvgIpc) is 3.41. The molecule has 1 aromatic rings. The van der Waals surface area contributed by atoms with Gasteiger partial charge in [0.25, 0.3) is 0 Å². The molecule has 4 aliphatic rings. The number of rotatable bonds is 8. The Labute approximate surface area is 295 Å². The Morgan fingerprint density at radius 3 is 1.98 bits per heavy atom. The Hall–Kier alpha value is -4.59. The highest BCUT2D eigenvalue weighted by Crippen LogP contribution is 2.67. The molecule has 0 radical (unpaired) electrons. The van der Waals surface area contributed by atoms with Gasteiger partial charge in [0, 0.05) is 45.1 Å². The molecule has 1 aromatic carbocycles. The van der Waals surface area contributed by atoms with Crippen LogP contribution >= 0.6 is 0 Å². The summed E-state index contributed by atoms with van der Waals surface area (Å²) in [6.45, 7) is 10.1. The average molecular weight is 713 g/mol. The zero-order valence-corrected chi connectivity index (χ0v) is 29.9. The third-order valence-electron chi connectivity index (χ3n) is 10.7. The first-order valence-electron chi connectivity index (χ1n) is 16.8. The van der Waals surface area contributed by atoms with E-state index in [0.29, 0.717) is 5.57 Å². The van der Waals surface area contributed by atoms with Gasteiger partial charge in [0.15, 0.2) is 30.2 Å². The molecule has 276 valence electrons. The number of carbonyl (C=O) groups excluding carboxylic acids is 7. The van der Waals surface area contributed by atoms with Gasteiger partial charge in [0.05, 0.1) is 16.9 Å². The van der Waals surface area contributed by atoms with Crippen LogP contribution in [0.1, 0.15) is 85.0 Å². The quantitative estimate of drug-likeness (QED) is 0.305. The van der Waals surface area contributed by atoms with Crippen molar-refractivity contribution < 1.29 is 67.1 Å². The highest BCUT2D eigenvalue weighted by atomic mass is 16.6. The van der Waals surface area contributed by atoms with Crippen LogP contribution in [0.25, 0.3) is 0 Å². The molecule has 9 atom stereocenters. The molecule has 5 rings (SSSR count). The fourth-order valence-corrected chi connectivity index (χ4v) is 9.06.